The number of rotatable bonds is 4. The Morgan fingerprint density at radius 1 is 0.833 bits per heavy atom. The van der Waals surface area contributed by atoms with Crippen molar-refractivity contribution in [3.63, 3.8) is 0 Å². The molecule has 0 fully saturated rings. The molecule has 0 radical (unpaired) electrons. The van der Waals surface area contributed by atoms with E-state index in [4.69, 9.17) is 23.2 Å². The van der Waals surface area contributed by atoms with E-state index in [-0.39, 0.29) is 6.54 Å². The van der Waals surface area contributed by atoms with Crippen LogP contribution in [0, 0.1) is 34.6 Å². The molecule has 2 aromatic carbocycles. The van der Waals surface area contributed by atoms with Crippen LogP contribution < -0.4 is 4.72 Å². The van der Waals surface area contributed by atoms with Crippen LogP contribution in [0.15, 0.2) is 23.1 Å². The average Bonchev–Trinajstić information content (AvgIpc) is 2.52. The Hall–Kier alpha value is -1.07. The minimum Gasteiger partial charge on any atom is -0.207 e. The lowest BCUT2D eigenvalue weighted by atomic mass is 9.95. The Kier molecular flexibility index (Phi) is 5.65. The lowest BCUT2D eigenvalue weighted by molar-refractivity contribution is 0.579. The molecule has 0 unspecified atom stereocenters. The minimum absolute atomic E-state index is 0.157. The normalized spacial score (nSPS) is 11.8. The highest BCUT2D eigenvalue weighted by molar-refractivity contribution is 7.89. The van der Waals surface area contributed by atoms with Gasteiger partial charge in [-0.2, -0.15) is 0 Å². The molecule has 24 heavy (non-hydrogen) atoms. The summed E-state index contributed by atoms with van der Waals surface area (Å²) < 4.78 is 28.4. The van der Waals surface area contributed by atoms with Gasteiger partial charge >= 0.3 is 0 Å². The number of hydrogen-bond donors (Lipinski definition) is 1. The second-order valence-corrected chi connectivity index (χ2v) is 8.55. The maximum atomic E-state index is 12.8. The second kappa shape index (κ2) is 7.04. The van der Waals surface area contributed by atoms with E-state index < -0.39 is 10.0 Å². The van der Waals surface area contributed by atoms with Crippen LogP contribution in [0.2, 0.25) is 10.0 Å². The van der Waals surface area contributed by atoms with Crippen LogP contribution in [0.1, 0.15) is 33.4 Å². The zero-order valence-corrected chi connectivity index (χ0v) is 16.7. The first kappa shape index (κ1) is 19.3. The Balaban J connectivity index is 2.39. The van der Waals surface area contributed by atoms with Crippen molar-refractivity contribution in [1.82, 2.24) is 4.72 Å². The zero-order valence-electron chi connectivity index (χ0n) is 14.4. The van der Waals surface area contributed by atoms with Crippen LogP contribution in [-0.4, -0.2) is 8.42 Å². The Labute approximate surface area is 154 Å². The van der Waals surface area contributed by atoms with Crippen molar-refractivity contribution in [1.29, 1.82) is 0 Å². The van der Waals surface area contributed by atoms with Crippen LogP contribution >= 0.6 is 23.2 Å². The summed E-state index contributed by atoms with van der Waals surface area (Å²) in [5.41, 5.74) is 5.48. The number of halogens is 2. The van der Waals surface area contributed by atoms with Gasteiger partial charge in [0, 0.05) is 6.54 Å². The number of nitrogens with one attached hydrogen (secondary N) is 1. The third-order valence-corrected chi connectivity index (χ3v) is 7.06. The van der Waals surface area contributed by atoms with Crippen molar-refractivity contribution in [2.75, 3.05) is 0 Å². The molecule has 0 saturated heterocycles. The van der Waals surface area contributed by atoms with Crippen molar-refractivity contribution in [2.24, 2.45) is 0 Å². The van der Waals surface area contributed by atoms with Crippen molar-refractivity contribution in [3.05, 3.63) is 61.6 Å². The van der Waals surface area contributed by atoms with E-state index in [0.717, 1.165) is 33.4 Å². The van der Waals surface area contributed by atoms with E-state index in [2.05, 4.69) is 4.72 Å². The van der Waals surface area contributed by atoms with E-state index >= 15 is 0 Å². The van der Waals surface area contributed by atoms with Crippen molar-refractivity contribution in [3.8, 4) is 0 Å². The molecule has 0 aliphatic heterocycles. The summed E-state index contributed by atoms with van der Waals surface area (Å²) in [6.45, 7) is 9.78. The Bertz CT molecular complexity index is 877. The van der Waals surface area contributed by atoms with Gasteiger partial charge in [-0.1, -0.05) is 29.3 Å². The van der Waals surface area contributed by atoms with Gasteiger partial charge in [0.15, 0.2) is 0 Å². The number of benzene rings is 2. The standard InChI is InChI=1S/C18H21Cl2NO2S/c1-10-11(2)13(4)18(14(5)12(10)3)24(22,23)21-9-15-6-7-16(19)17(20)8-15/h6-8,21H,9H2,1-5H3. The molecule has 2 aromatic rings. The maximum absolute atomic E-state index is 12.8. The first-order valence-corrected chi connectivity index (χ1v) is 9.80. The predicted molar refractivity (Wildman–Crippen MR) is 101 cm³/mol. The molecular weight excluding hydrogens is 365 g/mol. The van der Waals surface area contributed by atoms with Crippen LogP contribution in [0.3, 0.4) is 0 Å². The highest BCUT2D eigenvalue weighted by atomic mass is 35.5. The second-order valence-electron chi connectivity index (χ2n) is 6.03. The van der Waals surface area contributed by atoms with Gasteiger partial charge in [-0.05, 0) is 80.1 Å². The molecule has 0 amide bonds. The van der Waals surface area contributed by atoms with Gasteiger partial charge in [-0.25, -0.2) is 13.1 Å². The van der Waals surface area contributed by atoms with Crippen molar-refractivity contribution in [2.45, 2.75) is 46.1 Å². The zero-order chi connectivity index (χ0) is 18.2. The highest BCUT2D eigenvalue weighted by Gasteiger charge is 2.23. The molecule has 0 aromatic heterocycles. The smallest absolute Gasteiger partial charge is 0.207 e. The molecule has 0 spiro atoms. The molecule has 0 heterocycles. The molecule has 0 atom stereocenters. The number of hydrogen-bond acceptors (Lipinski definition) is 2. The van der Waals surface area contributed by atoms with Gasteiger partial charge in [0.25, 0.3) is 0 Å². The summed E-state index contributed by atoms with van der Waals surface area (Å²) >= 11 is 11.9. The molecule has 130 valence electrons. The van der Waals surface area contributed by atoms with Gasteiger partial charge < -0.3 is 0 Å². The summed E-state index contributed by atoms with van der Waals surface area (Å²) in [6, 6.07) is 5.07. The van der Waals surface area contributed by atoms with E-state index in [1.54, 1.807) is 18.2 Å². The third kappa shape index (κ3) is 3.62. The first-order valence-electron chi connectivity index (χ1n) is 7.56. The van der Waals surface area contributed by atoms with Crippen molar-refractivity contribution >= 4 is 33.2 Å². The number of sulfonamides is 1. The summed E-state index contributed by atoms with van der Waals surface area (Å²) in [4.78, 5) is 0.364. The van der Waals surface area contributed by atoms with Gasteiger partial charge in [0.1, 0.15) is 0 Å². The lowest BCUT2D eigenvalue weighted by Crippen LogP contribution is -2.25. The van der Waals surface area contributed by atoms with Crippen LogP contribution in [-0.2, 0) is 16.6 Å². The molecule has 2 rings (SSSR count). The fourth-order valence-electron chi connectivity index (χ4n) is 2.77. The molecule has 0 saturated carbocycles. The van der Waals surface area contributed by atoms with E-state index in [9.17, 15) is 8.42 Å². The molecule has 0 aliphatic carbocycles. The van der Waals surface area contributed by atoms with Crippen LogP contribution in [0.25, 0.3) is 0 Å². The molecule has 6 heteroatoms. The van der Waals surface area contributed by atoms with Gasteiger partial charge in [-0.3, -0.25) is 0 Å². The fraction of sp³-hybridized carbons (Fsp3) is 0.333. The molecule has 0 aliphatic rings. The molecule has 3 nitrogen and oxygen atoms in total. The summed E-state index contributed by atoms with van der Waals surface area (Å²) in [6.07, 6.45) is 0. The molecule has 1 N–H and O–H groups in total. The van der Waals surface area contributed by atoms with Gasteiger partial charge in [0.2, 0.25) is 10.0 Å². The maximum Gasteiger partial charge on any atom is 0.241 e. The SMILES string of the molecule is Cc1c(C)c(C)c(S(=O)(=O)NCc2ccc(Cl)c(Cl)c2)c(C)c1C. The summed E-state index contributed by atoms with van der Waals surface area (Å²) in [5.74, 6) is 0. The molecule has 0 bridgehead atoms. The summed E-state index contributed by atoms with van der Waals surface area (Å²) in [7, 11) is -3.63. The predicted octanol–water partition coefficient (Wildman–Crippen LogP) is 5.01. The van der Waals surface area contributed by atoms with E-state index in [1.165, 1.54) is 0 Å². The summed E-state index contributed by atoms with van der Waals surface area (Å²) in [5, 5.41) is 0.850. The first-order chi connectivity index (χ1) is 11.1. The Morgan fingerprint density at radius 3 is 1.83 bits per heavy atom. The fourth-order valence-corrected chi connectivity index (χ4v) is 4.70. The van der Waals surface area contributed by atoms with Crippen LogP contribution in [0.4, 0.5) is 0 Å². The average molecular weight is 386 g/mol. The lowest BCUT2D eigenvalue weighted by Gasteiger charge is -2.19. The molecular formula is C18H21Cl2NO2S. The third-order valence-electron chi connectivity index (χ3n) is 4.65. The van der Waals surface area contributed by atoms with Crippen LogP contribution in [0.5, 0.6) is 0 Å². The van der Waals surface area contributed by atoms with Crippen molar-refractivity contribution < 1.29 is 8.42 Å². The van der Waals surface area contributed by atoms with E-state index in [1.807, 2.05) is 34.6 Å². The van der Waals surface area contributed by atoms with Gasteiger partial charge in [0.05, 0.1) is 14.9 Å². The van der Waals surface area contributed by atoms with E-state index in [0.29, 0.717) is 14.9 Å². The minimum atomic E-state index is -3.63. The highest BCUT2D eigenvalue weighted by Crippen LogP contribution is 2.29. The monoisotopic (exact) mass is 385 g/mol. The largest absolute Gasteiger partial charge is 0.241 e. The Morgan fingerprint density at radius 2 is 1.33 bits per heavy atom. The topological polar surface area (TPSA) is 46.2 Å². The quantitative estimate of drug-likeness (QED) is 0.803. The van der Waals surface area contributed by atoms with Gasteiger partial charge in [-0.15, -0.1) is 0 Å².